The van der Waals surface area contributed by atoms with Crippen molar-refractivity contribution in [2.45, 2.75) is 24.2 Å². The molecule has 0 aliphatic carbocycles. The van der Waals surface area contributed by atoms with E-state index in [1.807, 2.05) is 0 Å². The number of ether oxygens (including phenoxy) is 2. The van der Waals surface area contributed by atoms with Gasteiger partial charge in [0.25, 0.3) is 6.02 Å². The molecule has 1 aliphatic heterocycles. The van der Waals surface area contributed by atoms with E-state index < -0.39 is 54.3 Å². The lowest BCUT2D eigenvalue weighted by Crippen LogP contribution is -2.48. The Kier molecular flexibility index (Phi) is 5.51. The summed E-state index contributed by atoms with van der Waals surface area (Å²) in [7, 11) is 0. The highest BCUT2D eigenvalue weighted by molar-refractivity contribution is 5.87. The minimum Gasteiger partial charge on any atom is -0.478 e. The standard InChI is InChI=1S/C18H14F5N3O4/c19-8-17(7-13(18(21,22)23)26-16(24)30-17)11-6-10(1-2-12(11)20)29-14-5-9(15(27)28)3-4-25-14/h1-6,13H,7-8H2,(H2,24,26)(H,27,28)/t13-,17+/m0/s1. The van der Waals surface area contributed by atoms with Crippen LogP contribution < -0.4 is 10.5 Å². The van der Waals surface area contributed by atoms with Crippen molar-refractivity contribution < 1.29 is 41.3 Å². The first-order valence-electron chi connectivity index (χ1n) is 8.36. The van der Waals surface area contributed by atoms with Crippen LogP contribution in [-0.2, 0) is 10.3 Å². The number of aliphatic imine (C=N–C) groups is 1. The molecule has 0 radical (unpaired) electrons. The first kappa shape index (κ1) is 21.3. The average molecular weight is 431 g/mol. The van der Waals surface area contributed by atoms with Crippen LogP contribution in [0, 0.1) is 5.82 Å². The molecule has 2 atom stereocenters. The number of aromatic nitrogens is 1. The Morgan fingerprint density at radius 3 is 2.70 bits per heavy atom. The van der Waals surface area contributed by atoms with Gasteiger partial charge in [0.15, 0.2) is 11.6 Å². The van der Waals surface area contributed by atoms with Gasteiger partial charge >= 0.3 is 12.1 Å². The zero-order chi connectivity index (χ0) is 22.1. The number of aromatic carboxylic acids is 1. The number of carbonyl (C=O) groups is 1. The van der Waals surface area contributed by atoms with Crippen LogP contribution in [0.5, 0.6) is 11.6 Å². The summed E-state index contributed by atoms with van der Waals surface area (Å²) in [5.41, 5.74) is 2.22. The average Bonchev–Trinajstić information content (AvgIpc) is 2.68. The summed E-state index contributed by atoms with van der Waals surface area (Å²) >= 11 is 0. The Morgan fingerprint density at radius 2 is 2.07 bits per heavy atom. The van der Waals surface area contributed by atoms with Crippen molar-refractivity contribution in [3.8, 4) is 11.6 Å². The fourth-order valence-electron chi connectivity index (χ4n) is 2.92. The molecule has 2 heterocycles. The zero-order valence-corrected chi connectivity index (χ0v) is 15.0. The molecule has 0 saturated heterocycles. The van der Waals surface area contributed by atoms with E-state index >= 15 is 0 Å². The van der Waals surface area contributed by atoms with Crippen LogP contribution in [-0.4, -0.2) is 41.0 Å². The van der Waals surface area contributed by atoms with E-state index in [1.54, 1.807) is 0 Å². The smallest absolute Gasteiger partial charge is 0.411 e. The van der Waals surface area contributed by atoms with Gasteiger partial charge in [-0.1, -0.05) is 0 Å². The molecule has 2 aromatic rings. The van der Waals surface area contributed by atoms with Crippen LogP contribution in [0.1, 0.15) is 22.3 Å². The third kappa shape index (κ3) is 4.26. The number of alkyl halides is 4. The number of halogens is 5. The maximum atomic E-state index is 14.5. The molecule has 7 nitrogen and oxygen atoms in total. The van der Waals surface area contributed by atoms with Crippen LogP contribution in [0.3, 0.4) is 0 Å². The van der Waals surface area contributed by atoms with Gasteiger partial charge in [0.1, 0.15) is 18.2 Å². The number of carboxylic acid groups (broad SMARTS) is 1. The van der Waals surface area contributed by atoms with Gasteiger partial charge in [-0.05, 0) is 24.3 Å². The Hall–Kier alpha value is -3.44. The van der Waals surface area contributed by atoms with Gasteiger partial charge in [0.05, 0.1) is 5.56 Å². The van der Waals surface area contributed by atoms with Crippen LogP contribution >= 0.6 is 0 Å². The molecule has 3 N–H and O–H groups in total. The fourth-order valence-corrected chi connectivity index (χ4v) is 2.92. The highest BCUT2D eigenvalue weighted by Gasteiger charge is 2.52. The van der Waals surface area contributed by atoms with Crippen molar-refractivity contribution in [3.63, 3.8) is 0 Å². The minimum atomic E-state index is -4.85. The quantitative estimate of drug-likeness (QED) is 0.702. The van der Waals surface area contributed by atoms with Gasteiger partial charge in [0.2, 0.25) is 5.88 Å². The number of nitrogens with two attached hydrogens (primary N) is 1. The Bertz CT molecular complexity index is 998. The van der Waals surface area contributed by atoms with Crippen molar-refractivity contribution in [2.75, 3.05) is 6.67 Å². The third-order valence-electron chi connectivity index (χ3n) is 4.33. The number of hydrogen-bond acceptors (Lipinski definition) is 6. The van der Waals surface area contributed by atoms with Crippen molar-refractivity contribution in [2.24, 2.45) is 10.7 Å². The predicted molar refractivity (Wildman–Crippen MR) is 92.5 cm³/mol. The zero-order valence-electron chi connectivity index (χ0n) is 15.0. The van der Waals surface area contributed by atoms with Crippen molar-refractivity contribution in [1.82, 2.24) is 4.98 Å². The second-order valence-corrected chi connectivity index (χ2v) is 6.39. The number of benzene rings is 1. The summed E-state index contributed by atoms with van der Waals surface area (Å²) in [5, 5.41) is 9.00. The summed E-state index contributed by atoms with van der Waals surface area (Å²) in [6, 6.07) is 1.87. The first-order chi connectivity index (χ1) is 14.0. The lowest BCUT2D eigenvalue weighted by atomic mass is 9.86. The maximum absolute atomic E-state index is 14.5. The summed E-state index contributed by atoms with van der Waals surface area (Å²) < 4.78 is 78.3. The molecule has 0 bridgehead atoms. The number of pyridine rings is 1. The fraction of sp³-hybridized carbons (Fsp3) is 0.278. The van der Waals surface area contributed by atoms with Gasteiger partial charge in [-0.15, -0.1) is 0 Å². The van der Waals surface area contributed by atoms with Crippen molar-refractivity contribution in [1.29, 1.82) is 0 Å². The monoisotopic (exact) mass is 431 g/mol. The summed E-state index contributed by atoms with van der Waals surface area (Å²) in [6.45, 7) is -1.52. The molecule has 12 heteroatoms. The SMILES string of the molecule is NC1=N[C@H](C(F)(F)F)C[C@@](CF)(c2cc(Oc3cc(C(=O)O)ccn3)ccc2F)O1. The number of nitrogens with zero attached hydrogens (tertiary/aromatic N) is 2. The number of amidine groups is 1. The summed E-state index contributed by atoms with van der Waals surface area (Å²) in [6.07, 6.45) is -4.73. The molecule has 160 valence electrons. The van der Waals surface area contributed by atoms with E-state index in [-0.39, 0.29) is 17.2 Å². The van der Waals surface area contributed by atoms with Gasteiger partial charge < -0.3 is 20.3 Å². The predicted octanol–water partition coefficient (Wildman–Crippen LogP) is 3.54. The molecule has 1 aliphatic rings. The van der Waals surface area contributed by atoms with Crippen LogP contribution in [0.25, 0.3) is 0 Å². The van der Waals surface area contributed by atoms with Gasteiger partial charge in [-0.3, -0.25) is 0 Å². The Labute approximate surface area is 166 Å². The van der Waals surface area contributed by atoms with Gasteiger partial charge in [-0.25, -0.2) is 23.6 Å². The number of hydrogen-bond donors (Lipinski definition) is 2. The molecule has 0 spiro atoms. The molecule has 0 saturated carbocycles. The Morgan fingerprint density at radius 1 is 1.33 bits per heavy atom. The lowest BCUT2D eigenvalue weighted by Gasteiger charge is -2.38. The van der Waals surface area contributed by atoms with Crippen molar-refractivity contribution in [3.05, 3.63) is 53.5 Å². The molecule has 0 amide bonds. The normalized spacial score (nSPS) is 21.5. The highest BCUT2D eigenvalue weighted by atomic mass is 19.4. The van der Waals surface area contributed by atoms with E-state index in [4.69, 9.17) is 20.3 Å². The topological polar surface area (TPSA) is 107 Å². The molecular weight excluding hydrogens is 417 g/mol. The van der Waals surface area contributed by atoms with E-state index in [2.05, 4.69) is 9.98 Å². The minimum absolute atomic E-state index is 0.137. The second-order valence-electron chi connectivity index (χ2n) is 6.39. The lowest BCUT2D eigenvalue weighted by molar-refractivity contribution is -0.167. The molecule has 30 heavy (non-hydrogen) atoms. The van der Waals surface area contributed by atoms with E-state index in [9.17, 15) is 26.7 Å². The second kappa shape index (κ2) is 7.76. The summed E-state index contributed by atoms with van der Waals surface area (Å²) in [5.74, 6) is -2.62. The number of carboxylic acids is 1. The first-order valence-corrected chi connectivity index (χ1v) is 8.36. The molecule has 0 unspecified atom stereocenters. The summed E-state index contributed by atoms with van der Waals surface area (Å²) in [4.78, 5) is 18.0. The van der Waals surface area contributed by atoms with E-state index in [0.717, 1.165) is 30.5 Å². The number of rotatable bonds is 5. The Balaban J connectivity index is 1.99. The molecule has 1 aromatic heterocycles. The van der Waals surface area contributed by atoms with Crippen molar-refractivity contribution >= 4 is 12.0 Å². The van der Waals surface area contributed by atoms with Crippen LogP contribution in [0.15, 0.2) is 41.5 Å². The van der Waals surface area contributed by atoms with E-state index in [1.165, 1.54) is 6.07 Å². The molecule has 1 aromatic carbocycles. The van der Waals surface area contributed by atoms with Crippen LogP contribution in [0.2, 0.25) is 0 Å². The van der Waals surface area contributed by atoms with E-state index in [0.29, 0.717) is 0 Å². The maximum Gasteiger partial charge on any atom is 0.411 e. The highest BCUT2D eigenvalue weighted by Crippen LogP contribution is 2.42. The van der Waals surface area contributed by atoms with Gasteiger partial charge in [-0.2, -0.15) is 13.2 Å². The third-order valence-corrected chi connectivity index (χ3v) is 4.33. The molecular formula is C18H14F5N3O4. The molecule has 0 fully saturated rings. The van der Waals surface area contributed by atoms with Gasteiger partial charge in [0, 0.05) is 24.2 Å². The molecule has 3 rings (SSSR count). The van der Waals surface area contributed by atoms with Crippen LogP contribution in [0.4, 0.5) is 22.0 Å². The largest absolute Gasteiger partial charge is 0.478 e.